The zero-order chi connectivity index (χ0) is 14.4. The fraction of sp³-hybridized carbons (Fsp3) is 0.462. The molecule has 2 fully saturated rings. The van der Waals surface area contributed by atoms with Gasteiger partial charge in [-0.05, 0) is 0 Å². The molecule has 0 aromatic carbocycles. The van der Waals surface area contributed by atoms with Crippen molar-refractivity contribution in [2.45, 2.75) is 6.04 Å². The van der Waals surface area contributed by atoms with E-state index in [9.17, 15) is 4.79 Å². The Morgan fingerprint density at radius 1 is 1.33 bits per heavy atom. The van der Waals surface area contributed by atoms with Crippen molar-refractivity contribution in [1.82, 2.24) is 19.7 Å². The number of amides is 2. The van der Waals surface area contributed by atoms with E-state index in [0.29, 0.717) is 6.04 Å². The second-order valence-corrected chi connectivity index (χ2v) is 6.28. The maximum absolute atomic E-state index is 12.0. The number of anilines is 2. The van der Waals surface area contributed by atoms with Gasteiger partial charge in [-0.1, -0.05) is 0 Å². The molecule has 2 amide bonds. The largest absolute Gasteiger partial charge is 0.344 e. The van der Waals surface area contributed by atoms with Gasteiger partial charge in [0, 0.05) is 51.0 Å². The molecule has 2 aliphatic heterocycles. The molecule has 21 heavy (non-hydrogen) atoms. The van der Waals surface area contributed by atoms with E-state index in [4.69, 9.17) is 0 Å². The van der Waals surface area contributed by atoms with Crippen LogP contribution in [-0.2, 0) is 0 Å². The van der Waals surface area contributed by atoms with Crippen molar-refractivity contribution >= 4 is 28.2 Å². The van der Waals surface area contributed by atoms with Crippen LogP contribution >= 0.6 is 11.3 Å². The van der Waals surface area contributed by atoms with Crippen LogP contribution in [0.25, 0.3) is 0 Å². The number of rotatable bonds is 3. The summed E-state index contributed by atoms with van der Waals surface area (Å²) >= 11 is 1.66. The zero-order valence-electron chi connectivity index (χ0n) is 11.7. The molecular weight excluding hydrogens is 288 g/mol. The molecule has 2 aromatic heterocycles. The summed E-state index contributed by atoms with van der Waals surface area (Å²) in [6.45, 7) is 3.34. The third-order valence-corrected chi connectivity index (χ3v) is 4.87. The standard InChI is InChI=1S/C13H16N6OS/c1-16-3-4-18(13(16)20)10-6-15-19(9-10)11-7-17(8-11)12-14-2-5-21-12/h2,5-6,9,11H,3-4,7-8H2,1H3. The lowest BCUT2D eigenvalue weighted by atomic mass is 10.1. The predicted octanol–water partition coefficient (Wildman–Crippen LogP) is 1.27. The maximum atomic E-state index is 12.0. The van der Waals surface area contributed by atoms with E-state index in [2.05, 4.69) is 15.0 Å². The number of likely N-dealkylation sites (N-methyl/N-ethyl adjacent to an activating group) is 1. The molecule has 2 aromatic rings. The van der Waals surface area contributed by atoms with Crippen LogP contribution in [0.5, 0.6) is 0 Å². The summed E-state index contributed by atoms with van der Waals surface area (Å²) in [6.07, 6.45) is 5.58. The summed E-state index contributed by atoms with van der Waals surface area (Å²) in [7, 11) is 1.82. The summed E-state index contributed by atoms with van der Waals surface area (Å²) < 4.78 is 1.96. The predicted molar refractivity (Wildman–Crippen MR) is 81.0 cm³/mol. The summed E-state index contributed by atoms with van der Waals surface area (Å²) in [4.78, 5) is 22.0. The Morgan fingerprint density at radius 2 is 2.19 bits per heavy atom. The number of aromatic nitrogens is 3. The summed E-state index contributed by atoms with van der Waals surface area (Å²) in [5.41, 5.74) is 0.886. The molecule has 0 bridgehead atoms. The minimum absolute atomic E-state index is 0.0487. The van der Waals surface area contributed by atoms with Gasteiger partial charge < -0.3 is 9.80 Å². The van der Waals surface area contributed by atoms with Crippen LogP contribution in [0.2, 0.25) is 0 Å². The number of carbonyl (C=O) groups is 1. The van der Waals surface area contributed by atoms with Crippen LogP contribution in [-0.4, -0.2) is 58.9 Å². The molecule has 8 heteroatoms. The Hall–Kier alpha value is -2.09. The van der Waals surface area contributed by atoms with E-state index in [1.54, 1.807) is 27.3 Å². The minimum atomic E-state index is 0.0487. The molecule has 0 aliphatic carbocycles. The Bertz CT molecular complexity index is 647. The second-order valence-electron chi connectivity index (χ2n) is 5.41. The van der Waals surface area contributed by atoms with Crippen LogP contribution in [0.4, 0.5) is 15.6 Å². The van der Waals surface area contributed by atoms with E-state index in [1.165, 1.54) is 0 Å². The molecule has 0 spiro atoms. The lowest BCUT2D eigenvalue weighted by Gasteiger charge is -2.38. The molecule has 0 N–H and O–H groups in total. The number of hydrogen-bond acceptors (Lipinski definition) is 5. The Labute approximate surface area is 126 Å². The average Bonchev–Trinajstić information content (AvgIpc) is 3.13. The Balaban J connectivity index is 1.43. The Kier molecular flexibility index (Phi) is 2.85. The SMILES string of the molecule is CN1CCN(c2cnn(C3CN(c4nccs4)C3)c2)C1=O. The highest BCUT2D eigenvalue weighted by Crippen LogP contribution is 2.30. The van der Waals surface area contributed by atoms with Crippen molar-refractivity contribution < 1.29 is 4.79 Å². The third kappa shape index (κ3) is 2.06. The second kappa shape index (κ2) is 4.73. The molecule has 110 valence electrons. The number of thiazole rings is 1. The molecule has 4 heterocycles. The van der Waals surface area contributed by atoms with Crippen LogP contribution in [0.1, 0.15) is 6.04 Å². The molecule has 0 unspecified atom stereocenters. The molecule has 0 saturated carbocycles. The van der Waals surface area contributed by atoms with Gasteiger partial charge in [0.1, 0.15) is 0 Å². The first-order valence-electron chi connectivity index (χ1n) is 6.93. The van der Waals surface area contributed by atoms with Crippen molar-refractivity contribution in [1.29, 1.82) is 0 Å². The van der Waals surface area contributed by atoms with Crippen molar-refractivity contribution in [3.05, 3.63) is 24.0 Å². The number of hydrogen-bond donors (Lipinski definition) is 0. The highest BCUT2D eigenvalue weighted by molar-refractivity contribution is 7.13. The lowest BCUT2D eigenvalue weighted by Crippen LogP contribution is -2.48. The molecule has 7 nitrogen and oxygen atoms in total. The minimum Gasteiger partial charge on any atom is -0.344 e. The normalized spacial score (nSPS) is 19.5. The molecule has 2 saturated heterocycles. The van der Waals surface area contributed by atoms with E-state index in [-0.39, 0.29) is 6.03 Å². The molecule has 0 atom stereocenters. The van der Waals surface area contributed by atoms with Gasteiger partial charge in [0.2, 0.25) is 0 Å². The van der Waals surface area contributed by atoms with Crippen molar-refractivity contribution in [2.75, 3.05) is 43.0 Å². The quantitative estimate of drug-likeness (QED) is 0.857. The number of urea groups is 1. The van der Waals surface area contributed by atoms with E-state index < -0.39 is 0 Å². The van der Waals surface area contributed by atoms with E-state index >= 15 is 0 Å². The van der Waals surface area contributed by atoms with Crippen LogP contribution in [0, 0.1) is 0 Å². The smallest absolute Gasteiger partial charge is 0.324 e. The van der Waals surface area contributed by atoms with Crippen molar-refractivity contribution in [2.24, 2.45) is 0 Å². The first kappa shape index (κ1) is 12.6. The first-order chi connectivity index (χ1) is 10.2. The summed E-state index contributed by atoms with van der Waals surface area (Å²) in [5, 5.41) is 7.47. The third-order valence-electron chi connectivity index (χ3n) is 4.04. The van der Waals surface area contributed by atoms with E-state index in [0.717, 1.165) is 37.0 Å². The average molecular weight is 304 g/mol. The van der Waals surface area contributed by atoms with Gasteiger partial charge in [0.05, 0.1) is 17.9 Å². The van der Waals surface area contributed by atoms with Crippen molar-refractivity contribution in [3.8, 4) is 0 Å². The fourth-order valence-corrected chi connectivity index (χ4v) is 3.37. The Morgan fingerprint density at radius 3 is 2.86 bits per heavy atom. The van der Waals surface area contributed by atoms with Gasteiger partial charge in [0.25, 0.3) is 0 Å². The van der Waals surface area contributed by atoms with Crippen LogP contribution < -0.4 is 9.80 Å². The van der Waals surface area contributed by atoms with Gasteiger partial charge in [-0.15, -0.1) is 11.3 Å². The first-order valence-corrected chi connectivity index (χ1v) is 7.81. The van der Waals surface area contributed by atoms with Crippen LogP contribution in [0.3, 0.4) is 0 Å². The highest BCUT2D eigenvalue weighted by Gasteiger charge is 2.32. The topological polar surface area (TPSA) is 57.5 Å². The molecular formula is C13H16N6OS. The van der Waals surface area contributed by atoms with Crippen molar-refractivity contribution in [3.63, 3.8) is 0 Å². The number of carbonyl (C=O) groups excluding carboxylic acids is 1. The maximum Gasteiger partial charge on any atom is 0.324 e. The molecule has 0 radical (unpaired) electrons. The lowest BCUT2D eigenvalue weighted by molar-refractivity contribution is 0.229. The van der Waals surface area contributed by atoms with Crippen LogP contribution in [0.15, 0.2) is 24.0 Å². The summed E-state index contributed by atoms with van der Waals surface area (Å²) in [5.74, 6) is 0. The highest BCUT2D eigenvalue weighted by atomic mass is 32.1. The number of nitrogens with zero attached hydrogens (tertiary/aromatic N) is 6. The monoisotopic (exact) mass is 304 g/mol. The zero-order valence-corrected chi connectivity index (χ0v) is 12.5. The van der Waals surface area contributed by atoms with Gasteiger partial charge in [-0.2, -0.15) is 5.10 Å². The fourth-order valence-electron chi connectivity index (χ4n) is 2.70. The van der Waals surface area contributed by atoms with Gasteiger partial charge in [-0.25, -0.2) is 9.78 Å². The van der Waals surface area contributed by atoms with Gasteiger partial charge in [0.15, 0.2) is 5.13 Å². The van der Waals surface area contributed by atoms with Gasteiger partial charge in [-0.3, -0.25) is 9.58 Å². The summed E-state index contributed by atoms with van der Waals surface area (Å²) in [6, 6.07) is 0.408. The molecule has 2 aliphatic rings. The molecule has 4 rings (SSSR count). The van der Waals surface area contributed by atoms with Gasteiger partial charge >= 0.3 is 6.03 Å². The van der Waals surface area contributed by atoms with E-state index in [1.807, 2.05) is 29.5 Å².